The van der Waals surface area contributed by atoms with Crippen molar-refractivity contribution in [2.24, 2.45) is 0 Å². The topological polar surface area (TPSA) is 117 Å². The van der Waals surface area contributed by atoms with Gasteiger partial charge in [0.05, 0.1) is 13.2 Å². The van der Waals surface area contributed by atoms with Gasteiger partial charge in [-0.3, -0.25) is 24.6 Å². The van der Waals surface area contributed by atoms with E-state index < -0.39 is 6.04 Å². The molecule has 11 heteroatoms. The Hall–Kier alpha value is -4.35. The fourth-order valence-electron chi connectivity index (χ4n) is 7.75. The minimum absolute atomic E-state index is 0.113. The number of hydrogen-bond acceptors (Lipinski definition) is 9. The van der Waals surface area contributed by atoms with Crippen molar-refractivity contribution >= 4 is 23.4 Å². The maximum Gasteiger partial charge on any atom is 0.316 e. The summed E-state index contributed by atoms with van der Waals surface area (Å²) in [5.74, 6) is 0.125. The number of amides is 3. The van der Waals surface area contributed by atoms with Crippen LogP contribution < -0.4 is 15.0 Å². The third kappa shape index (κ3) is 6.41. The zero-order valence-corrected chi connectivity index (χ0v) is 27.2. The Kier molecular flexibility index (Phi) is 8.56. The summed E-state index contributed by atoms with van der Waals surface area (Å²) in [4.78, 5) is 52.5. The van der Waals surface area contributed by atoms with Crippen LogP contribution in [0.2, 0.25) is 0 Å². The molecule has 5 aliphatic rings. The third-order valence-corrected chi connectivity index (χ3v) is 10.8. The molecule has 0 aliphatic carbocycles. The average Bonchev–Trinajstić information content (AvgIpc) is 3.41. The number of imide groups is 1. The Labute approximate surface area is 280 Å². The van der Waals surface area contributed by atoms with Crippen molar-refractivity contribution in [1.29, 1.82) is 0 Å². The second-order valence-corrected chi connectivity index (χ2v) is 13.9. The number of carbonyl (C=O) groups excluding carboxylic acids is 3. The van der Waals surface area contributed by atoms with Crippen LogP contribution in [0.4, 0.5) is 5.69 Å². The average molecular weight is 651 g/mol. The fourth-order valence-corrected chi connectivity index (χ4v) is 7.75. The van der Waals surface area contributed by atoms with Crippen LogP contribution in [0.25, 0.3) is 0 Å². The van der Waals surface area contributed by atoms with E-state index in [0.717, 1.165) is 82.7 Å². The quantitative estimate of drug-likeness (QED) is 0.364. The van der Waals surface area contributed by atoms with Crippen molar-refractivity contribution in [3.8, 4) is 6.01 Å². The van der Waals surface area contributed by atoms with E-state index in [1.54, 1.807) is 4.90 Å². The lowest BCUT2D eigenvalue weighted by atomic mass is 9.87. The van der Waals surface area contributed by atoms with Crippen LogP contribution in [0, 0.1) is 0 Å². The molecule has 4 saturated heterocycles. The summed E-state index contributed by atoms with van der Waals surface area (Å²) in [5, 5.41) is 2.38. The van der Waals surface area contributed by atoms with Crippen molar-refractivity contribution in [2.45, 2.75) is 75.6 Å². The Bertz CT molecular complexity index is 1660. The molecule has 0 spiro atoms. The summed E-state index contributed by atoms with van der Waals surface area (Å²) >= 11 is 0. The highest BCUT2D eigenvalue weighted by atomic mass is 16.5. The lowest BCUT2D eigenvalue weighted by Gasteiger charge is -2.34. The number of nitrogens with one attached hydrogen (secondary N) is 1. The maximum absolute atomic E-state index is 13.1. The SMILES string of the molecule is O=C1CCC(N2Cc3cc(C4CCN(Cc5ccc(N6CCC(Oc7ncc(C8COC8)cn7)CC6)cc5)CC4)ccc3C2=O)C(=O)N1. The maximum atomic E-state index is 13.1. The van der Waals surface area contributed by atoms with Gasteiger partial charge >= 0.3 is 6.01 Å². The van der Waals surface area contributed by atoms with Gasteiger partial charge in [-0.2, -0.15) is 0 Å². The Balaban J connectivity index is 0.791. The smallest absolute Gasteiger partial charge is 0.316 e. The zero-order valence-electron chi connectivity index (χ0n) is 27.2. The molecule has 250 valence electrons. The van der Waals surface area contributed by atoms with Crippen LogP contribution >= 0.6 is 0 Å². The third-order valence-electron chi connectivity index (χ3n) is 10.8. The van der Waals surface area contributed by atoms with E-state index >= 15 is 0 Å². The van der Waals surface area contributed by atoms with Gasteiger partial charge in [0.2, 0.25) is 11.8 Å². The molecule has 1 atom stereocenters. The zero-order chi connectivity index (χ0) is 32.6. The van der Waals surface area contributed by atoms with Gasteiger partial charge in [-0.25, -0.2) is 9.97 Å². The van der Waals surface area contributed by atoms with Gasteiger partial charge in [0.25, 0.3) is 5.91 Å². The van der Waals surface area contributed by atoms with Gasteiger partial charge in [-0.05, 0) is 78.7 Å². The lowest BCUT2D eigenvalue weighted by molar-refractivity contribution is -0.136. The van der Waals surface area contributed by atoms with Crippen LogP contribution in [0.15, 0.2) is 54.9 Å². The van der Waals surface area contributed by atoms with Crippen molar-refractivity contribution in [3.05, 3.63) is 82.7 Å². The van der Waals surface area contributed by atoms with Crippen LogP contribution in [0.3, 0.4) is 0 Å². The normalized spacial score (nSPS) is 22.8. The first-order valence-corrected chi connectivity index (χ1v) is 17.4. The molecule has 1 N–H and O–H groups in total. The second-order valence-electron chi connectivity index (χ2n) is 13.9. The number of anilines is 1. The number of piperidine rings is 3. The van der Waals surface area contributed by atoms with E-state index in [2.05, 4.69) is 61.5 Å². The van der Waals surface area contributed by atoms with Gasteiger partial charge in [-0.1, -0.05) is 24.3 Å². The molecular formula is C37H42N6O5. The molecule has 5 aliphatic heterocycles. The van der Waals surface area contributed by atoms with E-state index in [9.17, 15) is 14.4 Å². The van der Waals surface area contributed by atoms with Gasteiger partial charge in [0, 0.05) is 75.0 Å². The van der Waals surface area contributed by atoms with E-state index in [1.807, 2.05) is 18.5 Å². The molecule has 1 aromatic heterocycles. The summed E-state index contributed by atoms with van der Waals surface area (Å²) in [5.41, 5.74) is 6.64. The highest BCUT2D eigenvalue weighted by Crippen LogP contribution is 2.34. The van der Waals surface area contributed by atoms with Crippen LogP contribution in [0.5, 0.6) is 6.01 Å². The lowest BCUT2D eigenvalue weighted by Crippen LogP contribution is -2.52. The van der Waals surface area contributed by atoms with E-state index in [-0.39, 0.29) is 30.2 Å². The van der Waals surface area contributed by atoms with Gasteiger partial charge in [-0.15, -0.1) is 0 Å². The van der Waals surface area contributed by atoms with Gasteiger partial charge < -0.3 is 19.3 Å². The van der Waals surface area contributed by atoms with Crippen LogP contribution in [-0.2, 0) is 27.4 Å². The van der Waals surface area contributed by atoms with E-state index in [4.69, 9.17) is 9.47 Å². The molecule has 2 aromatic carbocycles. The molecule has 3 amide bonds. The number of likely N-dealkylation sites (tertiary alicyclic amines) is 1. The largest absolute Gasteiger partial charge is 0.460 e. The number of nitrogens with zero attached hydrogens (tertiary/aromatic N) is 5. The number of aromatic nitrogens is 2. The minimum Gasteiger partial charge on any atom is -0.460 e. The highest BCUT2D eigenvalue weighted by molar-refractivity contribution is 6.05. The van der Waals surface area contributed by atoms with Gasteiger partial charge in [0.1, 0.15) is 12.1 Å². The molecule has 3 aromatic rings. The highest BCUT2D eigenvalue weighted by Gasteiger charge is 2.39. The Morgan fingerprint density at radius 2 is 1.58 bits per heavy atom. The van der Waals surface area contributed by atoms with Crippen molar-refractivity contribution in [1.82, 2.24) is 25.1 Å². The molecule has 48 heavy (non-hydrogen) atoms. The number of rotatable bonds is 8. The summed E-state index contributed by atoms with van der Waals surface area (Å²) in [7, 11) is 0. The Morgan fingerprint density at radius 3 is 2.27 bits per heavy atom. The minimum atomic E-state index is -0.576. The number of carbonyl (C=O) groups is 3. The van der Waals surface area contributed by atoms with Gasteiger partial charge in [0.15, 0.2) is 0 Å². The fraction of sp³-hybridized carbons (Fsp3) is 0.486. The van der Waals surface area contributed by atoms with Crippen LogP contribution in [-0.4, -0.2) is 89.0 Å². The molecular weight excluding hydrogens is 608 g/mol. The van der Waals surface area contributed by atoms with Crippen molar-refractivity contribution in [2.75, 3.05) is 44.3 Å². The van der Waals surface area contributed by atoms with E-state index in [1.165, 1.54) is 16.8 Å². The molecule has 0 radical (unpaired) electrons. The predicted molar refractivity (Wildman–Crippen MR) is 178 cm³/mol. The van der Waals surface area contributed by atoms with Crippen molar-refractivity contribution in [3.63, 3.8) is 0 Å². The number of ether oxygens (including phenoxy) is 2. The molecule has 4 fully saturated rings. The first kappa shape index (κ1) is 31.0. The molecule has 8 rings (SSSR count). The van der Waals surface area contributed by atoms with Crippen molar-refractivity contribution < 1.29 is 23.9 Å². The first-order chi connectivity index (χ1) is 23.5. The monoisotopic (exact) mass is 650 g/mol. The molecule has 1 unspecified atom stereocenters. The molecule has 11 nitrogen and oxygen atoms in total. The summed E-state index contributed by atoms with van der Waals surface area (Å²) in [6.45, 7) is 6.81. The molecule has 0 saturated carbocycles. The number of hydrogen-bond donors (Lipinski definition) is 1. The summed E-state index contributed by atoms with van der Waals surface area (Å²) < 4.78 is 11.4. The summed E-state index contributed by atoms with van der Waals surface area (Å²) in [6, 6.07) is 15.1. The Morgan fingerprint density at radius 1 is 0.833 bits per heavy atom. The molecule has 0 bridgehead atoms. The predicted octanol–water partition coefficient (Wildman–Crippen LogP) is 3.78. The number of fused-ring (bicyclic) bond motifs is 1. The summed E-state index contributed by atoms with van der Waals surface area (Å²) in [6.07, 6.45) is 8.55. The van der Waals surface area contributed by atoms with Crippen LogP contribution in [0.1, 0.15) is 83.0 Å². The molecule has 6 heterocycles. The standard InChI is InChI=1S/C37H42N6O5/c44-34-8-7-33(35(45)40-34)43-21-27-17-26(3-6-32(27)36(43)46)25-9-13-41(14-10-25)20-24-1-4-30(5-2-24)42-15-11-31(12-16-42)48-37-38-18-28(19-39-37)29-22-47-23-29/h1-6,17-19,25,29,31,33H,7-16,20-23H2,(H,40,44,45). The first-order valence-electron chi connectivity index (χ1n) is 17.4. The van der Waals surface area contributed by atoms with E-state index in [0.29, 0.717) is 36.4 Å². The number of benzene rings is 2. The second kappa shape index (κ2) is 13.3.